The van der Waals surface area contributed by atoms with E-state index >= 15 is 0 Å². The average Bonchev–Trinajstić information content (AvgIpc) is 2.14. The van der Waals surface area contributed by atoms with Crippen molar-refractivity contribution in [2.24, 2.45) is 5.92 Å². The predicted octanol–water partition coefficient (Wildman–Crippen LogP) is 2.32. The molecule has 0 spiro atoms. The minimum atomic E-state index is 1.01. The van der Waals surface area contributed by atoms with Crippen molar-refractivity contribution in [3.05, 3.63) is 0 Å². The summed E-state index contributed by atoms with van der Waals surface area (Å²) in [6.45, 7) is 0. The third kappa shape index (κ3) is 1.42. The molecule has 0 aromatic carbocycles. The van der Waals surface area contributed by atoms with E-state index in [0.29, 0.717) is 0 Å². The third-order valence-electron chi connectivity index (χ3n) is 1.76. The molecule has 0 unspecified atom stereocenters. The van der Waals surface area contributed by atoms with E-state index in [0.717, 1.165) is 5.92 Å². The fraction of sp³-hybridized carbons (Fsp3) is 1.00. The summed E-state index contributed by atoms with van der Waals surface area (Å²) in [6, 6.07) is 0. The van der Waals surface area contributed by atoms with E-state index in [-0.39, 0.29) is 0 Å². The molecule has 1 aliphatic carbocycles. The summed E-state index contributed by atoms with van der Waals surface area (Å²) in [6.07, 6.45) is 7.08. The van der Waals surface area contributed by atoms with Gasteiger partial charge in [0.2, 0.25) is 0 Å². The molecule has 0 bridgehead atoms. The van der Waals surface area contributed by atoms with Crippen molar-refractivity contribution in [2.45, 2.75) is 25.7 Å². The Kier molecular flexibility index (Phi) is 2.12. The van der Waals surface area contributed by atoms with Crippen LogP contribution in [0, 0.1) is 5.92 Å². The molecule has 1 rings (SSSR count). The quantitative estimate of drug-likeness (QED) is 0.460. The number of hydrogen-bond acceptors (Lipinski definition) is 0. The molecule has 41 valence electrons. The van der Waals surface area contributed by atoms with Gasteiger partial charge >= 0.3 is 0 Å². The van der Waals surface area contributed by atoms with Crippen LogP contribution < -0.4 is 0 Å². The highest BCUT2D eigenvalue weighted by atomic mass is 31.0. The predicted molar refractivity (Wildman–Crippen MR) is 35.1 cm³/mol. The average molecular weight is 115 g/mol. The second-order valence-corrected chi connectivity index (χ2v) is 2.76. The van der Waals surface area contributed by atoms with Gasteiger partial charge in [0.05, 0.1) is 0 Å². The first-order chi connectivity index (χ1) is 3.43. The van der Waals surface area contributed by atoms with Crippen LogP contribution in [-0.4, -0.2) is 6.16 Å². The van der Waals surface area contributed by atoms with Crippen LogP contribution in [0.3, 0.4) is 0 Å². The Morgan fingerprint density at radius 2 is 1.86 bits per heavy atom. The topological polar surface area (TPSA) is 0 Å². The maximum absolute atomic E-state index is 3.52. The van der Waals surface area contributed by atoms with Gasteiger partial charge in [-0.15, -0.1) is 0 Å². The maximum atomic E-state index is 3.52. The molecule has 0 atom stereocenters. The van der Waals surface area contributed by atoms with E-state index in [4.69, 9.17) is 0 Å². The molecule has 0 heterocycles. The molecule has 0 aromatic heterocycles. The van der Waals surface area contributed by atoms with E-state index in [1.54, 1.807) is 0 Å². The molecular weight excluding hydrogens is 103 g/mol. The molecule has 0 amide bonds. The van der Waals surface area contributed by atoms with E-state index in [1.165, 1.54) is 31.8 Å². The van der Waals surface area contributed by atoms with Crippen LogP contribution in [0.1, 0.15) is 25.7 Å². The molecule has 1 aliphatic rings. The van der Waals surface area contributed by atoms with Crippen LogP contribution in [0.5, 0.6) is 0 Å². The summed E-state index contributed by atoms with van der Waals surface area (Å²) in [4.78, 5) is 0. The van der Waals surface area contributed by atoms with Gasteiger partial charge in [-0.1, -0.05) is 34.9 Å². The first-order valence-electron chi connectivity index (χ1n) is 3.08. The van der Waals surface area contributed by atoms with Crippen molar-refractivity contribution >= 4 is 9.24 Å². The van der Waals surface area contributed by atoms with Crippen LogP contribution in [0.2, 0.25) is 0 Å². The Labute approximate surface area is 47.9 Å². The van der Waals surface area contributed by atoms with Crippen LogP contribution in [0.25, 0.3) is 0 Å². The number of rotatable bonds is 1. The van der Waals surface area contributed by atoms with Gasteiger partial charge in [0, 0.05) is 0 Å². The highest BCUT2D eigenvalue weighted by Crippen LogP contribution is 2.25. The SMILES string of the molecule is [PH]CC1CCCC1. The first-order valence-corrected chi connectivity index (χ1v) is 3.79. The Morgan fingerprint density at radius 1 is 1.29 bits per heavy atom. The Balaban J connectivity index is 2.14. The van der Waals surface area contributed by atoms with Crippen molar-refractivity contribution in [1.82, 2.24) is 0 Å². The lowest BCUT2D eigenvalue weighted by Gasteiger charge is -1.99. The molecule has 0 nitrogen and oxygen atoms in total. The summed E-state index contributed by atoms with van der Waals surface area (Å²) < 4.78 is 0. The summed E-state index contributed by atoms with van der Waals surface area (Å²) in [5.74, 6) is 1.01. The van der Waals surface area contributed by atoms with Crippen LogP contribution in [-0.2, 0) is 0 Å². The van der Waals surface area contributed by atoms with Crippen LogP contribution in [0.15, 0.2) is 0 Å². The van der Waals surface area contributed by atoms with Crippen molar-refractivity contribution in [1.29, 1.82) is 0 Å². The van der Waals surface area contributed by atoms with E-state index in [1.807, 2.05) is 0 Å². The third-order valence-corrected chi connectivity index (χ3v) is 2.34. The number of hydrogen-bond donors (Lipinski definition) is 0. The van der Waals surface area contributed by atoms with E-state index in [2.05, 4.69) is 9.24 Å². The second kappa shape index (κ2) is 2.67. The Hall–Kier alpha value is 0.430. The standard InChI is InChI=1S/C6H12P/c7-5-6-3-1-2-4-6/h6-7H,1-5H2. The molecule has 0 N–H and O–H groups in total. The highest BCUT2D eigenvalue weighted by Gasteiger charge is 2.11. The van der Waals surface area contributed by atoms with Crippen LogP contribution in [0.4, 0.5) is 0 Å². The van der Waals surface area contributed by atoms with Crippen molar-refractivity contribution < 1.29 is 0 Å². The molecule has 0 aliphatic heterocycles. The van der Waals surface area contributed by atoms with Crippen molar-refractivity contribution in [3.63, 3.8) is 0 Å². The van der Waals surface area contributed by atoms with Gasteiger partial charge in [-0.05, 0) is 12.1 Å². The maximum Gasteiger partial charge on any atom is -0.0288 e. The second-order valence-electron chi connectivity index (χ2n) is 2.35. The molecule has 1 fully saturated rings. The minimum absolute atomic E-state index is 1.01. The normalized spacial score (nSPS) is 23.6. The van der Waals surface area contributed by atoms with Gasteiger partial charge in [0.1, 0.15) is 0 Å². The van der Waals surface area contributed by atoms with E-state index < -0.39 is 0 Å². The lowest BCUT2D eigenvalue weighted by molar-refractivity contribution is 0.623. The molecule has 7 heavy (non-hydrogen) atoms. The summed E-state index contributed by atoms with van der Waals surface area (Å²) in [5.41, 5.74) is 0. The zero-order valence-corrected chi connectivity index (χ0v) is 5.61. The Bertz CT molecular complexity index is 46.1. The fourth-order valence-corrected chi connectivity index (χ4v) is 1.62. The van der Waals surface area contributed by atoms with Gasteiger partial charge in [0.25, 0.3) is 0 Å². The van der Waals surface area contributed by atoms with Crippen LogP contribution >= 0.6 is 9.24 Å². The van der Waals surface area contributed by atoms with Gasteiger partial charge < -0.3 is 0 Å². The lowest BCUT2D eigenvalue weighted by Crippen LogP contribution is -1.91. The molecule has 1 radical (unpaired) electrons. The summed E-state index contributed by atoms with van der Waals surface area (Å²) >= 11 is 0. The highest BCUT2D eigenvalue weighted by molar-refractivity contribution is 7.16. The van der Waals surface area contributed by atoms with Crippen molar-refractivity contribution in [3.8, 4) is 0 Å². The Morgan fingerprint density at radius 3 is 2.14 bits per heavy atom. The van der Waals surface area contributed by atoms with Crippen molar-refractivity contribution in [2.75, 3.05) is 6.16 Å². The minimum Gasteiger partial charge on any atom is -0.0990 e. The zero-order chi connectivity index (χ0) is 5.11. The first kappa shape index (κ1) is 5.56. The summed E-state index contributed by atoms with van der Waals surface area (Å²) in [5, 5.41) is 0. The van der Waals surface area contributed by atoms with Gasteiger partial charge in [-0.3, -0.25) is 0 Å². The van der Waals surface area contributed by atoms with E-state index in [9.17, 15) is 0 Å². The molecule has 0 aromatic rings. The zero-order valence-electron chi connectivity index (χ0n) is 4.61. The molecule has 1 saturated carbocycles. The molecular formula is C6H12P. The largest absolute Gasteiger partial charge is 0.0990 e. The fourth-order valence-electron chi connectivity index (χ4n) is 1.21. The van der Waals surface area contributed by atoms with Gasteiger partial charge in [-0.25, -0.2) is 0 Å². The molecule has 1 heteroatoms. The monoisotopic (exact) mass is 115 g/mol. The van der Waals surface area contributed by atoms with Gasteiger partial charge in [0.15, 0.2) is 0 Å². The van der Waals surface area contributed by atoms with Gasteiger partial charge in [-0.2, -0.15) is 0 Å². The molecule has 0 saturated heterocycles. The summed E-state index contributed by atoms with van der Waals surface area (Å²) in [7, 11) is 3.52. The lowest BCUT2D eigenvalue weighted by atomic mass is 10.1. The smallest absolute Gasteiger partial charge is 0.0288 e.